The van der Waals surface area contributed by atoms with Gasteiger partial charge in [-0.15, -0.1) is 0 Å². The third-order valence-electron chi connectivity index (χ3n) is 5.90. The van der Waals surface area contributed by atoms with Crippen molar-refractivity contribution in [3.63, 3.8) is 0 Å². The number of hydrogen-bond donors (Lipinski definition) is 1. The van der Waals surface area contributed by atoms with Gasteiger partial charge in [0, 0.05) is 46.9 Å². The second-order valence-corrected chi connectivity index (χ2v) is 8.64. The maximum Gasteiger partial charge on any atom is 0.173 e. The number of nitrogens with zero attached hydrogens (tertiary/aromatic N) is 2. The summed E-state index contributed by atoms with van der Waals surface area (Å²) < 4.78 is 2.33. The summed E-state index contributed by atoms with van der Waals surface area (Å²) in [5.74, 6) is 0. The summed E-state index contributed by atoms with van der Waals surface area (Å²) in [5, 5.41) is 6.26. The van der Waals surface area contributed by atoms with Crippen molar-refractivity contribution in [1.82, 2.24) is 9.47 Å². The van der Waals surface area contributed by atoms with Crippen LogP contribution in [0.3, 0.4) is 0 Å². The van der Waals surface area contributed by atoms with Gasteiger partial charge in [0.2, 0.25) is 0 Å². The van der Waals surface area contributed by atoms with Crippen LogP contribution in [0.15, 0.2) is 54.7 Å². The average Bonchev–Trinajstić information content (AvgIpc) is 3.10. The Hall–Kier alpha value is -2.04. The van der Waals surface area contributed by atoms with Crippen LogP contribution >= 0.6 is 23.8 Å². The summed E-state index contributed by atoms with van der Waals surface area (Å²) in [4.78, 5) is 2.40. The smallest absolute Gasteiger partial charge is 0.173 e. The fourth-order valence-corrected chi connectivity index (χ4v) is 4.94. The number of fused-ring (bicyclic) bond motifs is 1. The molecule has 1 N–H and O–H groups in total. The number of nitrogens with one attached hydrogen (secondary N) is 1. The van der Waals surface area contributed by atoms with Crippen molar-refractivity contribution in [1.29, 1.82) is 0 Å². The normalized spacial score (nSPS) is 14.8. The molecule has 1 saturated carbocycles. The molecule has 1 aliphatic rings. The molecule has 0 spiro atoms. The SMILES string of the molecule is CCn1cc(CN(C(=S)Nc2cccc(Cl)c2)C2CCCCC2)c2ccccc21. The van der Waals surface area contributed by atoms with E-state index in [0.29, 0.717) is 11.1 Å². The van der Waals surface area contributed by atoms with Crippen molar-refractivity contribution < 1.29 is 0 Å². The van der Waals surface area contributed by atoms with Crippen molar-refractivity contribution >= 4 is 45.5 Å². The van der Waals surface area contributed by atoms with Crippen LogP contribution in [0.25, 0.3) is 10.9 Å². The lowest BCUT2D eigenvalue weighted by atomic mass is 9.94. The van der Waals surface area contributed by atoms with Gasteiger partial charge in [-0.3, -0.25) is 0 Å². The Morgan fingerprint density at radius 1 is 1.14 bits per heavy atom. The molecular weight excluding hydrogens is 398 g/mol. The second-order valence-electron chi connectivity index (χ2n) is 7.82. The summed E-state index contributed by atoms with van der Waals surface area (Å²) in [5.41, 5.74) is 3.57. The quantitative estimate of drug-likeness (QED) is 0.451. The number of thiocarbonyl (C=S) groups is 1. The fraction of sp³-hybridized carbons (Fsp3) is 0.375. The molecule has 0 aliphatic heterocycles. The van der Waals surface area contributed by atoms with Crippen molar-refractivity contribution in [3.05, 3.63) is 65.3 Å². The fourth-order valence-electron chi connectivity index (χ4n) is 4.41. The molecule has 0 amide bonds. The third-order valence-corrected chi connectivity index (χ3v) is 6.48. The molecule has 152 valence electrons. The van der Waals surface area contributed by atoms with Crippen LogP contribution in [-0.4, -0.2) is 20.6 Å². The Kier molecular flexibility index (Phi) is 6.41. The molecule has 0 saturated heterocycles. The van der Waals surface area contributed by atoms with E-state index in [0.717, 1.165) is 23.9 Å². The van der Waals surface area contributed by atoms with Crippen LogP contribution in [0.5, 0.6) is 0 Å². The first-order valence-corrected chi connectivity index (χ1v) is 11.3. The first kappa shape index (κ1) is 20.2. The number of aromatic nitrogens is 1. The molecule has 29 heavy (non-hydrogen) atoms. The van der Waals surface area contributed by atoms with E-state index in [-0.39, 0.29) is 0 Å². The van der Waals surface area contributed by atoms with E-state index in [9.17, 15) is 0 Å². The molecule has 1 aromatic heterocycles. The Bertz CT molecular complexity index is 991. The van der Waals surface area contributed by atoms with E-state index in [1.54, 1.807) is 0 Å². The highest BCUT2D eigenvalue weighted by atomic mass is 35.5. The topological polar surface area (TPSA) is 20.2 Å². The number of para-hydroxylation sites is 1. The van der Waals surface area contributed by atoms with Crippen LogP contribution < -0.4 is 5.32 Å². The average molecular weight is 426 g/mol. The van der Waals surface area contributed by atoms with Crippen LogP contribution in [0.1, 0.15) is 44.6 Å². The predicted molar refractivity (Wildman–Crippen MR) is 128 cm³/mol. The summed E-state index contributed by atoms with van der Waals surface area (Å²) in [6.45, 7) is 3.99. The Morgan fingerprint density at radius 3 is 2.69 bits per heavy atom. The van der Waals surface area contributed by atoms with Crippen LogP contribution in [0.2, 0.25) is 5.02 Å². The minimum absolute atomic E-state index is 0.478. The highest BCUT2D eigenvalue weighted by Gasteiger charge is 2.25. The number of hydrogen-bond acceptors (Lipinski definition) is 1. The van der Waals surface area contributed by atoms with E-state index in [1.165, 1.54) is 48.6 Å². The van der Waals surface area contributed by atoms with Crippen LogP contribution in [0, 0.1) is 0 Å². The molecule has 0 bridgehead atoms. The van der Waals surface area contributed by atoms with Gasteiger partial charge in [0.05, 0.1) is 0 Å². The Labute approximate surface area is 183 Å². The molecule has 2 aromatic carbocycles. The van der Waals surface area contributed by atoms with Crippen molar-refractivity contribution in [2.45, 2.75) is 58.2 Å². The monoisotopic (exact) mass is 425 g/mol. The molecule has 5 heteroatoms. The zero-order valence-electron chi connectivity index (χ0n) is 16.9. The maximum absolute atomic E-state index is 6.17. The van der Waals surface area contributed by atoms with Gasteiger partial charge in [0.25, 0.3) is 0 Å². The zero-order valence-corrected chi connectivity index (χ0v) is 18.5. The summed E-state index contributed by atoms with van der Waals surface area (Å²) in [6, 6.07) is 16.9. The number of anilines is 1. The second kappa shape index (κ2) is 9.19. The third kappa shape index (κ3) is 4.59. The van der Waals surface area contributed by atoms with Crippen LogP contribution in [0.4, 0.5) is 5.69 Å². The van der Waals surface area contributed by atoms with E-state index >= 15 is 0 Å². The largest absolute Gasteiger partial charge is 0.347 e. The number of rotatable bonds is 5. The van der Waals surface area contributed by atoms with E-state index in [2.05, 4.69) is 52.2 Å². The summed E-state index contributed by atoms with van der Waals surface area (Å²) in [7, 11) is 0. The minimum atomic E-state index is 0.478. The first-order chi connectivity index (χ1) is 14.2. The first-order valence-electron chi connectivity index (χ1n) is 10.6. The van der Waals surface area contributed by atoms with Gasteiger partial charge in [-0.25, -0.2) is 0 Å². The highest BCUT2D eigenvalue weighted by molar-refractivity contribution is 7.80. The molecule has 4 rings (SSSR count). The van der Waals surface area contributed by atoms with Crippen molar-refractivity contribution in [2.75, 3.05) is 5.32 Å². The van der Waals surface area contributed by atoms with Crippen molar-refractivity contribution in [2.24, 2.45) is 0 Å². The summed E-state index contributed by atoms with van der Waals surface area (Å²) in [6.07, 6.45) is 8.57. The molecule has 1 heterocycles. The zero-order chi connectivity index (χ0) is 20.2. The Balaban J connectivity index is 1.63. The van der Waals surface area contributed by atoms with Gasteiger partial charge >= 0.3 is 0 Å². The molecule has 0 atom stereocenters. The van der Waals surface area contributed by atoms with E-state index in [4.69, 9.17) is 23.8 Å². The molecule has 1 fully saturated rings. The molecule has 1 aliphatic carbocycles. The lowest BCUT2D eigenvalue weighted by Gasteiger charge is -2.36. The number of halogens is 1. The number of benzene rings is 2. The highest BCUT2D eigenvalue weighted by Crippen LogP contribution is 2.28. The lowest BCUT2D eigenvalue weighted by molar-refractivity contribution is 0.241. The van der Waals surface area contributed by atoms with Gasteiger partial charge in [-0.2, -0.15) is 0 Å². The van der Waals surface area contributed by atoms with Crippen molar-refractivity contribution in [3.8, 4) is 0 Å². The van der Waals surface area contributed by atoms with Gasteiger partial charge < -0.3 is 14.8 Å². The van der Waals surface area contributed by atoms with Crippen LogP contribution in [-0.2, 0) is 13.1 Å². The molecule has 0 unspecified atom stereocenters. The summed E-state index contributed by atoms with van der Waals surface area (Å²) >= 11 is 12.1. The molecular formula is C24H28ClN3S. The minimum Gasteiger partial charge on any atom is -0.347 e. The van der Waals surface area contributed by atoms with Gasteiger partial charge in [0.15, 0.2) is 5.11 Å². The molecule has 3 aromatic rings. The van der Waals surface area contributed by atoms with Gasteiger partial charge in [-0.1, -0.05) is 55.1 Å². The van der Waals surface area contributed by atoms with Gasteiger partial charge in [0.1, 0.15) is 0 Å². The lowest BCUT2D eigenvalue weighted by Crippen LogP contribution is -2.43. The van der Waals surface area contributed by atoms with Gasteiger partial charge in [-0.05, 0) is 61.8 Å². The Morgan fingerprint density at radius 2 is 1.93 bits per heavy atom. The number of aryl methyl sites for hydroxylation is 1. The maximum atomic E-state index is 6.17. The molecule has 0 radical (unpaired) electrons. The van der Waals surface area contributed by atoms with E-state index in [1.807, 2.05) is 24.3 Å². The van der Waals surface area contributed by atoms with E-state index < -0.39 is 0 Å². The molecule has 3 nitrogen and oxygen atoms in total. The predicted octanol–water partition coefficient (Wildman–Crippen LogP) is 6.85. The standard InChI is InChI=1S/C24H28ClN3S/c1-2-27-16-18(22-13-6-7-14-23(22)27)17-28(21-11-4-3-5-12-21)24(29)26-20-10-8-9-19(25)15-20/h6-10,13-16,21H,2-5,11-12,17H2,1H3,(H,26,29).